The van der Waals surface area contributed by atoms with E-state index in [0.29, 0.717) is 11.1 Å². The van der Waals surface area contributed by atoms with Gasteiger partial charge in [-0.1, -0.05) is 48.5 Å². The van der Waals surface area contributed by atoms with Crippen LogP contribution in [0.4, 0.5) is 9.18 Å². The highest BCUT2D eigenvalue weighted by Gasteiger charge is 2.30. The first-order chi connectivity index (χ1) is 25.6. The number of aromatic amines is 1. The van der Waals surface area contributed by atoms with Crippen molar-refractivity contribution in [1.29, 1.82) is 0 Å². The Morgan fingerprint density at radius 2 is 1.58 bits per heavy atom. The third-order valence-electron chi connectivity index (χ3n) is 8.14. The average Bonchev–Trinajstić information content (AvgIpc) is 3.57. The number of aliphatic carboxylic acids is 1. The summed E-state index contributed by atoms with van der Waals surface area (Å²) in [6, 6.07) is 22.6. The lowest BCUT2D eigenvalue weighted by atomic mass is 10.0. The Bertz CT molecular complexity index is 2320. The number of H-pyrrole nitrogens is 1. The van der Waals surface area contributed by atoms with Crippen LogP contribution >= 0.6 is 0 Å². The van der Waals surface area contributed by atoms with E-state index >= 15 is 0 Å². The van der Waals surface area contributed by atoms with Gasteiger partial charge in [-0.3, -0.25) is 14.4 Å². The zero-order valence-electron chi connectivity index (χ0n) is 27.9. The highest BCUT2D eigenvalue weighted by molar-refractivity contribution is 5.92. The second-order valence-corrected chi connectivity index (χ2v) is 11.9. The summed E-state index contributed by atoms with van der Waals surface area (Å²) in [5.74, 6) is -3.35. The number of nitrogens with one attached hydrogen (secondary N) is 3. The first kappa shape index (κ1) is 35.9. The van der Waals surface area contributed by atoms with Crippen LogP contribution in [0.25, 0.3) is 21.9 Å². The van der Waals surface area contributed by atoms with Gasteiger partial charge >= 0.3 is 18.0 Å². The van der Waals surface area contributed by atoms with Gasteiger partial charge in [0.2, 0.25) is 17.1 Å². The minimum atomic E-state index is -1.38. The van der Waals surface area contributed by atoms with Crippen LogP contribution in [0.1, 0.15) is 24.0 Å². The van der Waals surface area contributed by atoms with Gasteiger partial charge in [-0.05, 0) is 60.0 Å². The largest absolute Gasteiger partial charge is 0.481 e. The van der Waals surface area contributed by atoms with Crippen LogP contribution in [-0.2, 0) is 32.1 Å². The van der Waals surface area contributed by atoms with Gasteiger partial charge in [-0.2, -0.15) is 0 Å². The molecule has 53 heavy (non-hydrogen) atoms. The number of halogens is 1. The molecule has 0 aliphatic carbocycles. The van der Waals surface area contributed by atoms with E-state index in [4.69, 9.17) is 18.6 Å². The number of carbonyl (C=O) groups excluding carboxylic acids is 3. The molecule has 4 aromatic carbocycles. The number of aromatic nitrogens is 1. The molecule has 4 N–H and O–H groups in total. The molecule has 0 aliphatic rings. The SMILES string of the molecule is O=C(O)CCC(NC(=O)OCc1ccccc1)C(=O)NC(Cc1c[nH]c2ccccc12)C(=O)Oc1ccc2c(=O)c(Oc3ccc(F)cc3)coc2c1. The number of ether oxygens (including phenoxy) is 3. The zero-order valence-corrected chi connectivity index (χ0v) is 27.9. The van der Waals surface area contributed by atoms with Gasteiger partial charge in [0.25, 0.3) is 0 Å². The number of hydrogen-bond acceptors (Lipinski definition) is 9. The first-order valence-corrected chi connectivity index (χ1v) is 16.4. The number of alkyl carbamates (subject to hydrolysis) is 1. The minimum Gasteiger partial charge on any atom is -0.481 e. The number of rotatable bonds is 14. The molecular weight excluding hydrogens is 689 g/mol. The quantitative estimate of drug-likeness (QED) is 0.0768. The lowest BCUT2D eigenvalue weighted by molar-refractivity contribution is -0.140. The fourth-order valence-electron chi connectivity index (χ4n) is 5.47. The molecule has 0 aliphatic heterocycles. The normalized spacial score (nSPS) is 12.1. The van der Waals surface area contributed by atoms with Gasteiger partial charge in [-0.15, -0.1) is 0 Å². The maximum atomic E-state index is 13.8. The first-order valence-electron chi connectivity index (χ1n) is 16.4. The predicted molar refractivity (Wildman–Crippen MR) is 189 cm³/mol. The molecule has 2 heterocycles. The molecule has 0 saturated carbocycles. The van der Waals surface area contributed by atoms with E-state index in [2.05, 4.69) is 15.6 Å². The van der Waals surface area contributed by atoms with E-state index in [1.54, 1.807) is 36.5 Å². The van der Waals surface area contributed by atoms with Crippen LogP contribution in [-0.4, -0.2) is 46.1 Å². The van der Waals surface area contributed by atoms with Crippen LogP contribution in [0, 0.1) is 5.82 Å². The maximum Gasteiger partial charge on any atom is 0.408 e. The lowest BCUT2D eigenvalue weighted by Crippen LogP contribution is -2.53. The minimum absolute atomic E-state index is 0.0129. The van der Waals surface area contributed by atoms with Crippen LogP contribution < -0.4 is 25.5 Å². The molecule has 6 aromatic rings. The molecule has 0 bridgehead atoms. The van der Waals surface area contributed by atoms with Gasteiger partial charge in [-0.25, -0.2) is 14.0 Å². The molecule has 14 heteroatoms. The Kier molecular flexibility index (Phi) is 11.1. The predicted octanol–water partition coefficient (Wildman–Crippen LogP) is 6.00. The summed E-state index contributed by atoms with van der Waals surface area (Å²) in [7, 11) is 0. The van der Waals surface area contributed by atoms with E-state index < -0.39 is 53.7 Å². The molecule has 13 nitrogen and oxygen atoms in total. The van der Waals surface area contributed by atoms with Crippen molar-refractivity contribution in [2.75, 3.05) is 0 Å². The van der Waals surface area contributed by atoms with Crippen molar-refractivity contribution in [3.8, 4) is 17.2 Å². The number of amides is 2. The second-order valence-electron chi connectivity index (χ2n) is 11.9. The van der Waals surface area contributed by atoms with E-state index in [-0.39, 0.29) is 47.7 Å². The van der Waals surface area contributed by atoms with Crippen LogP contribution in [0.3, 0.4) is 0 Å². The van der Waals surface area contributed by atoms with Gasteiger partial charge in [0.1, 0.15) is 47.9 Å². The summed E-state index contributed by atoms with van der Waals surface area (Å²) in [4.78, 5) is 67.7. The molecular formula is C39H32FN3O10. The van der Waals surface area contributed by atoms with Crippen molar-refractivity contribution >= 4 is 45.8 Å². The highest BCUT2D eigenvalue weighted by Crippen LogP contribution is 2.25. The number of para-hydroxylation sites is 1. The molecule has 2 aromatic heterocycles. The van der Waals surface area contributed by atoms with Crippen molar-refractivity contribution in [3.63, 3.8) is 0 Å². The lowest BCUT2D eigenvalue weighted by Gasteiger charge is -2.22. The van der Waals surface area contributed by atoms with E-state index in [0.717, 1.165) is 17.2 Å². The Labute approximate surface area is 300 Å². The number of hydrogen-bond donors (Lipinski definition) is 4. The van der Waals surface area contributed by atoms with Crippen molar-refractivity contribution in [2.24, 2.45) is 0 Å². The smallest absolute Gasteiger partial charge is 0.408 e. The third-order valence-corrected chi connectivity index (χ3v) is 8.14. The summed E-state index contributed by atoms with van der Waals surface area (Å²) in [6.45, 7) is -0.0933. The number of carboxylic acid groups (broad SMARTS) is 1. The van der Waals surface area contributed by atoms with Crippen molar-refractivity contribution in [3.05, 3.63) is 137 Å². The number of carboxylic acids is 1. The molecule has 2 atom stereocenters. The average molecular weight is 722 g/mol. The Balaban J connectivity index is 1.21. The van der Waals surface area contributed by atoms with Crippen molar-refractivity contribution in [2.45, 2.75) is 38.0 Å². The van der Waals surface area contributed by atoms with Gasteiger partial charge in [0.05, 0.1) is 5.39 Å². The fraction of sp³-hybridized carbons (Fsp3) is 0.154. The Morgan fingerprint density at radius 1 is 0.849 bits per heavy atom. The van der Waals surface area contributed by atoms with Crippen LogP contribution in [0.2, 0.25) is 0 Å². The molecule has 0 spiro atoms. The van der Waals surface area contributed by atoms with Crippen LogP contribution in [0.15, 0.2) is 119 Å². The standard InChI is InChI=1S/C39H32FN3O10/c40-25-10-12-26(13-11-25)52-34-22-50-33-19-27(14-15-29(33)36(34)46)53-38(48)32(18-24-20-41-30-9-5-4-8-28(24)30)42-37(47)31(16-17-35(44)45)43-39(49)51-21-23-6-2-1-3-7-23/h1-15,19-20,22,31-32,41H,16-18,21H2,(H,42,47)(H,43,49)(H,44,45). The number of esters is 1. The highest BCUT2D eigenvalue weighted by atomic mass is 19.1. The summed E-state index contributed by atoms with van der Waals surface area (Å²) >= 11 is 0. The summed E-state index contributed by atoms with van der Waals surface area (Å²) in [5, 5.41) is 15.2. The van der Waals surface area contributed by atoms with E-state index in [1.165, 1.54) is 42.5 Å². The topological polar surface area (TPSA) is 186 Å². The summed E-state index contributed by atoms with van der Waals surface area (Å²) in [5.41, 5.74) is 1.69. The van der Waals surface area contributed by atoms with Gasteiger partial charge < -0.3 is 39.4 Å². The van der Waals surface area contributed by atoms with Crippen molar-refractivity contribution in [1.82, 2.24) is 15.6 Å². The van der Waals surface area contributed by atoms with Crippen LogP contribution in [0.5, 0.6) is 17.2 Å². The van der Waals surface area contributed by atoms with Crippen molar-refractivity contribution < 1.29 is 47.3 Å². The Morgan fingerprint density at radius 3 is 2.36 bits per heavy atom. The van der Waals surface area contributed by atoms with Gasteiger partial charge in [0.15, 0.2) is 0 Å². The number of benzene rings is 4. The monoisotopic (exact) mass is 721 g/mol. The molecule has 0 fully saturated rings. The molecule has 0 radical (unpaired) electrons. The Hall–Kier alpha value is -6.96. The zero-order chi connectivity index (χ0) is 37.3. The van der Waals surface area contributed by atoms with E-state index in [1.807, 2.05) is 24.3 Å². The maximum absolute atomic E-state index is 13.8. The molecule has 0 saturated heterocycles. The summed E-state index contributed by atoms with van der Waals surface area (Å²) < 4.78 is 35.4. The second kappa shape index (κ2) is 16.4. The molecule has 2 amide bonds. The summed E-state index contributed by atoms with van der Waals surface area (Å²) in [6.07, 6.45) is 0.994. The number of fused-ring (bicyclic) bond motifs is 2. The fourth-order valence-corrected chi connectivity index (χ4v) is 5.47. The third kappa shape index (κ3) is 9.24. The molecule has 6 rings (SSSR count). The molecule has 270 valence electrons. The van der Waals surface area contributed by atoms with Gasteiger partial charge in [0, 0.05) is 36.0 Å². The molecule has 2 unspecified atom stereocenters. The number of carbonyl (C=O) groups is 4. The van der Waals surface area contributed by atoms with E-state index in [9.17, 15) is 33.5 Å².